The largest absolute Gasteiger partial charge is 0.367 e. The lowest BCUT2D eigenvalue weighted by Gasteiger charge is -2.37. The van der Waals surface area contributed by atoms with E-state index in [0.717, 1.165) is 12.5 Å². The molecular weight excluding hydrogens is 282 g/mol. The maximum Gasteiger partial charge on any atom is 0.0448 e. The van der Waals surface area contributed by atoms with Crippen LogP contribution in [-0.4, -0.2) is 14.6 Å². The average molecular weight is 310 g/mol. The number of fused-ring (bicyclic) bond motifs is 1. The Hall–Kier alpha value is -1.54. The smallest absolute Gasteiger partial charge is 0.0448 e. The SMILES string of the molecule is C[Si](C)(C)C[C@@H]1CCN(Cc2ccccc2)c2ccccc21. The van der Waals surface area contributed by atoms with Crippen LogP contribution in [0.15, 0.2) is 54.6 Å². The Labute approximate surface area is 136 Å². The summed E-state index contributed by atoms with van der Waals surface area (Å²) in [6.07, 6.45) is 1.30. The number of hydrogen-bond donors (Lipinski definition) is 0. The third kappa shape index (κ3) is 3.61. The molecule has 2 aromatic carbocycles. The van der Waals surface area contributed by atoms with Gasteiger partial charge >= 0.3 is 0 Å². The third-order valence-electron chi connectivity index (χ3n) is 4.54. The summed E-state index contributed by atoms with van der Waals surface area (Å²) >= 11 is 0. The van der Waals surface area contributed by atoms with Gasteiger partial charge in [-0.25, -0.2) is 0 Å². The van der Waals surface area contributed by atoms with Crippen LogP contribution in [0.2, 0.25) is 25.7 Å². The van der Waals surface area contributed by atoms with Crippen LogP contribution in [0.5, 0.6) is 0 Å². The summed E-state index contributed by atoms with van der Waals surface area (Å²) in [6.45, 7) is 9.68. The molecule has 1 nitrogen and oxygen atoms in total. The van der Waals surface area contributed by atoms with Crippen molar-refractivity contribution in [3.05, 3.63) is 65.7 Å². The van der Waals surface area contributed by atoms with Crippen molar-refractivity contribution in [2.24, 2.45) is 0 Å². The Morgan fingerprint density at radius 1 is 0.955 bits per heavy atom. The van der Waals surface area contributed by atoms with Crippen LogP contribution in [0.3, 0.4) is 0 Å². The van der Waals surface area contributed by atoms with Crippen molar-refractivity contribution in [3.8, 4) is 0 Å². The highest BCUT2D eigenvalue weighted by Gasteiger charge is 2.28. The van der Waals surface area contributed by atoms with E-state index in [0.29, 0.717) is 0 Å². The quantitative estimate of drug-likeness (QED) is 0.672. The lowest BCUT2D eigenvalue weighted by Crippen LogP contribution is -2.33. The summed E-state index contributed by atoms with van der Waals surface area (Å²) in [7, 11) is -1.03. The number of rotatable bonds is 4. The molecule has 0 saturated carbocycles. The highest BCUT2D eigenvalue weighted by Crippen LogP contribution is 2.40. The first-order chi connectivity index (χ1) is 10.5. The molecule has 0 spiro atoms. The predicted octanol–water partition coefficient (Wildman–Crippen LogP) is 5.52. The van der Waals surface area contributed by atoms with Crippen LogP contribution in [0, 0.1) is 0 Å². The summed E-state index contributed by atoms with van der Waals surface area (Å²) in [4.78, 5) is 2.56. The zero-order chi connectivity index (χ0) is 15.6. The van der Waals surface area contributed by atoms with Gasteiger partial charge in [0.05, 0.1) is 0 Å². The molecule has 1 heterocycles. The van der Waals surface area contributed by atoms with Crippen LogP contribution in [0.1, 0.15) is 23.5 Å². The Bertz CT molecular complexity index is 615. The van der Waals surface area contributed by atoms with Crippen molar-refractivity contribution in [2.45, 2.75) is 44.6 Å². The fraction of sp³-hybridized carbons (Fsp3) is 0.400. The highest BCUT2D eigenvalue weighted by molar-refractivity contribution is 6.76. The van der Waals surface area contributed by atoms with E-state index >= 15 is 0 Å². The first-order valence-corrected chi connectivity index (χ1v) is 12.1. The van der Waals surface area contributed by atoms with Gasteiger partial charge < -0.3 is 4.90 Å². The van der Waals surface area contributed by atoms with E-state index in [4.69, 9.17) is 0 Å². The van der Waals surface area contributed by atoms with Crippen LogP contribution in [0.4, 0.5) is 5.69 Å². The van der Waals surface area contributed by atoms with E-state index in [1.165, 1.54) is 30.3 Å². The van der Waals surface area contributed by atoms with E-state index in [1.807, 2.05) is 0 Å². The summed E-state index contributed by atoms with van der Waals surface area (Å²) in [5, 5.41) is 0. The van der Waals surface area contributed by atoms with Crippen LogP contribution in [0.25, 0.3) is 0 Å². The van der Waals surface area contributed by atoms with Gasteiger partial charge in [-0.1, -0.05) is 74.2 Å². The number of anilines is 1. The van der Waals surface area contributed by atoms with Crippen LogP contribution in [-0.2, 0) is 6.54 Å². The van der Waals surface area contributed by atoms with Gasteiger partial charge in [0.15, 0.2) is 0 Å². The Balaban J connectivity index is 1.84. The minimum absolute atomic E-state index is 0.759. The van der Waals surface area contributed by atoms with Crippen molar-refractivity contribution in [1.29, 1.82) is 0 Å². The van der Waals surface area contributed by atoms with Gasteiger partial charge in [-0.05, 0) is 29.5 Å². The Morgan fingerprint density at radius 2 is 1.64 bits per heavy atom. The highest BCUT2D eigenvalue weighted by atomic mass is 28.3. The fourth-order valence-corrected chi connectivity index (χ4v) is 5.53. The molecule has 3 rings (SSSR count). The zero-order valence-electron chi connectivity index (χ0n) is 14.0. The number of nitrogens with zero attached hydrogens (tertiary/aromatic N) is 1. The lowest BCUT2D eigenvalue weighted by molar-refractivity contribution is 0.604. The first kappa shape index (κ1) is 15.4. The summed E-state index contributed by atoms with van der Waals surface area (Å²) in [5.74, 6) is 0.759. The monoisotopic (exact) mass is 309 g/mol. The van der Waals surface area contributed by atoms with Crippen molar-refractivity contribution >= 4 is 13.8 Å². The molecule has 22 heavy (non-hydrogen) atoms. The van der Waals surface area contributed by atoms with Crippen LogP contribution >= 0.6 is 0 Å². The Morgan fingerprint density at radius 3 is 2.36 bits per heavy atom. The average Bonchev–Trinajstić information content (AvgIpc) is 2.50. The van der Waals surface area contributed by atoms with Gasteiger partial charge in [0.2, 0.25) is 0 Å². The van der Waals surface area contributed by atoms with Gasteiger partial charge in [-0.15, -0.1) is 0 Å². The topological polar surface area (TPSA) is 3.24 Å². The van der Waals surface area contributed by atoms with Gasteiger partial charge in [-0.2, -0.15) is 0 Å². The molecule has 0 saturated heterocycles. The third-order valence-corrected chi connectivity index (χ3v) is 6.26. The van der Waals surface area contributed by atoms with Crippen molar-refractivity contribution < 1.29 is 0 Å². The second-order valence-electron chi connectivity index (χ2n) is 7.72. The van der Waals surface area contributed by atoms with Crippen molar-refractivity contribution in [1.82, 2.24) is 0 Å². The summed E-state index contributed by atoms with van der Waals surface area (Å²) < 4.78 is 0. The number of para-hydroxylation sites is 1. The molecule has 0 N–H and O–H groups in total. The van der Waals surface area contributed by atoms with E-state index in [1.54, 1.807) is 5.56 Å². The van der Waals surface area contributed by atoms with E-state index in [2.05, 4.69) is 79.1 Å². The van der Waals surface area contributed by atoms with E-state index in [9.17, 15) is 0 Å². The van der Waals surface area contributed by atoms with E-state index in [-0.39, 0.29) is 0 Å². The molecule has 1 aliphatic heterocycles. The maximum atomic E-state index is 2.56. The fourth-order valence-electron chi connectivity index (χ4n) is 3.63. The molecule has 0 aromatic heterocycles. The normalized spacial score (nSPS) is 18.1. The standard InChI is InChI=1S/C20H27NSi/c1-22(2,3)16-18-13-14-21(15-17-9-5-4-6-10-17)20-12-8-7-11-19(18)20/h4-12,18H,13-16H2,1-3H3/t18-/m0/s1. The second kappa shape index (κ2) is 6.29. The second-order valence-corrected chi connectivity index (χ2v) is 13.2. The molecule has 1 aliphatic rings. The minimum atomic E-state index is -1.03. The molecule has 2 aromatic rings. The van der Waals surface area contributed by atoms with Gasteiger partial charge in [-0.3, -0.25) is 0 Å². The first-order valence-electron chi connectivity index (χ1n) is 8.41. The molecule has 2 heteroatoms. The Kier molecular flexibility index (Phi) is 4.39. The van der Waals surface area contributed by atoms with Crippen LogP contribution < -0.4 is 4.90 Å². The lowest BCUT2D eigenvalue weighted by atomic mass is 9.91. The van der Waals surface area contributed by atoms with Gasteiger partial charge in [0.25, 0.3) is 0 Å². The maximum absolute atomic E-state index is 2.56. The van der Waals surface area contributed by atoms with Crippen molar-refractivity contribution in [3.63, 3.8) is 0 Å². The molecule has 0 fully saturated rings. The molecule has 0 aliphatic carbocycles. The number of hydrogen-bond acceptors (Lipinski definition) is 1. The molecule has 0 bridgehead atoms. The van der Waals surface area contributed by atoms with Gasteiger partial charge in [0, 0.05) is 26.9 Å². The molecule has 116 valence electrons. The molecule has 1 atom stereocenters. The van der Waals surface area contributed by atoms with Gasteiger partial charge in [0.1, 0.15) is 0 Å². The summed E-state index contributed by atoms with van der Waals surface area (Å²) in [6, 6.07) is 21.3. The van der Waals surface area contributed by atoms with E-state index < -0.39 is 8.07 Å². The number of benzene rings is 2. The minimum Gasteiger partial charge on any atom is -0.367 e. The molecule has 0 unspecified atom stereocenters. The zero-order valence-corrected chi connectivity index (χ0v) is 15.0. The predicted molar refractivity (Wildman–Crippen MR) is 99.4 cm³/mol. The molecular formula is C20H27NSi. The molecule has 0 amide bonds. The molecule has 0 radical (unpaired) electrons. The van der Waals surface area contributed by atoms with Crippen molar-refractivity contribution in [2.75, 3.05) is 11.4 Å². The summed E-state index contributed by atoms with van der Waals surface area (Å²) in [5.41, 5.74) is 4.44.